The van der Waals surface area contributed by atoms with E-state index in [0.29, 0.717) is 0 Å². The summed E-state index contributed by atoms with van der Waals surface area (Å²) in [5.74, 6) is 0. The van der Waals surface area contributed by atoms with Crippen LogP contribution in [0.3, 0.4) is 0 Å². The van der Waals surface area contributed by atoms with Crippen LogP contribution >= 0.6 is 0 Å². The van der Waals surface area contributed by atoms with Gasteiger partial charge in [-0.3, -0.25) is 0 Å². The molecule has 0 aromatic heterocycles. The number of hydrogen-bond donors (Lipinski definition) is 0. The molecule has 0 aliphatic carbocycles. The van der Waals surface area contributed by atoms with Crippen molar-refractivity contribution in [3.8, 4) is 0 Å². The van der Waals surface area contributed by atoms with Gasteiger partial charge in [0.15, 0.2) is 0 Å². The number of nitrogens with zero attached hydrogens (tertiary/aromatic N) is 2. The van der Waals surface area contributed by atoms with Crippen molar-refractivity contribution in [1.82, 2.24) is 10.0 Å². The monoisotopic (exact) mass is 184 g/mol. The molecule has 0 radical (unpaired) electrons. The minimum Gasteiger partial charge on any atom is -0.379 e. The summed E-state index contributed by atoms with van der Waals surface area (Å²) in [7, 11) is 0. The summed E-state index contributed by atoms with van der Waals surface area (Å²) < 4.78 is 5.36. The Morgan fingerprint density at radius 3 is 2.08 bits per heavy atom. The molecule has 76 valence electrons. The molecule has 0 unspecified atom stereocenters. The van der Waals surface area contributed by atoms with Crippen molar-refractivity contribution in [1.29, 1.82) is 0 Å². The summed E-state index contributed by atoms with van der Waals surface area (Å²) in [5, 5.41) is 5.04. The second-order valence-corrected chi connectivity index (χ2v) is 4.22. The first-order valence-corrected chi connectivity index (χ1v) is 5.40. The fraction of sp³-hybridized carbons (Fsp3) is 1.00. The van der Waals surface area contributed by atoms with Gasteiger partial charge in [-0.25, -0.2) is 10.0 Å². The lowest BCUT2D eigenvalue weighted by atomic mass is 10.2. The van der Waals surface area contributed by atoms with Gasteiger partial charge in [0.25, 0.3) is 0 Å². The minimum atomic E-state index is 0.730. The van der Waals surface area contributed by atoms with E-state index in [1.165, 1.54) is 12.8 Å². The molecule has 2 aliphatic heterocycles. The van der Waals surface area contributed by atoms with Crippen LogP contribution in [-0.2, 0) is 4.74 Å². The van der Waals surface area contributed by atoms with Crippen molar-refractivity contribution < 1.29 is 4.74 Å². The topological polar surface area (TPSA) is 15.7 Å². The van der Waals surface area contributed by atoms with E-state index in [-0.39, 0.29) is 0 Å². The quantitative estimate of drug-likeness (QED) is 0.607. The third kappa shape index (κ3) is 1.87. The third-order valence-corrected chi connectivity index (χ3v) is 3.22. The standard InChI is InChI=1S/C10H20N2O/c1-9-3-4-10(2)12(9)11-5-7-13-8-6-11/h9-10H,3-8H2,1-2H3/t9-,10-/m0/s1. The molecule has 2 heterocycles. The fourth-order valence-corrected chi connectivity index (χ4v) is 2.52. The van der Waals surface area contributed by atoms with E-state index in [1.807, 2.05) is 0 Å². The Morgan fingerprint density at radius 1 is 1.00 bits per heavy atom. The van der Waals surface area contributed by atoms with Crippen LogP contribution in [0, 0.1) is 0 Å². The Hall–Kier alpha value is -0.120. The van der Waals surface area contributed by atoms with E-state index >= 15 is 0 Å². The second-order valence-electron chi connectivity index (χ2n) is 4.22. The van der Waals surface area contributed by atoms with Crippen LogP contribution in [0.1, 0.15) is 26.7 Å². The van der Waals surface area contributed by atoms with Crippen molar-refractivity contribution in [3.63, 3.8) is 0 Å². The predicted octanol–water partition coefficient (Wildman–Crippen LogP) is 1.11. The molecule has 3 nitrogen and oxygen atoms in total. The Labute approximate surface area is 80.6 Å². The molecule has 0 bridgehead atoms. The smallest absolute Gasteiger partial charge is 0.0608 e. The van der Waals surface area contributed by atoms with Gasteiger partial charge >= 0.3 is 0 Å². The molecule has 0 amide bonds. The summed E-state index contributed by atoms with van der Waals surface area (Å²) in [4.78, 5) is 0. The summed E-state index contributed by atoms with van der Waals surface area (Å²) in [6.07, 6.45) is 2.69. The van der Waals surface area contributed by atoms with Crippen molar-refractivity contribution in [2.24, 2.45) is 0 Å². The molecule has 0 saturated carbocycles. The maximum Gasteiger partial charge on any atom is 0.0608 e. The first-order valence-electron chi connectivity index (χ1n) is 5.40. The van der Waals surface area contributed by atoms with E-state index < -0.39 is 0 Å². The Balaban J connectivity index is 1.96. The Bertz CT molecular complexity index is 158. The lowest BCUT2D eigenvalue weighted by molar-refractivity contribution is -0.111. The summed E-state index contributed by atoms with van der Waals surface area (Å²) >= 11 is 0. The van der Waals surface area contributed by atoms with Gasteiger partial charge in [0, 0.05) is 25.2 Å². The van der Waals surface area contributed by atoms with Gasteiger partial charge in [-0.15, -0.1) is 0 Å². The Morgan fingerprint density at radius 2 is 1.54 bits per heavy atom. The van der Waals surface area contributed by atoms with Crippen LogP contribution < -0.4 is 0 Å². The molecular formula is C10H20N2O. The molecule has 13 heavy (non-hydrogen) atoms. The molecule has 0 aromatic rings. The van der Waals surface area contributed by atoms with E-state index in [9.17, 15) is 0 Å². The zero-order valence-electron chi connectivity index (χ0n) is 8.70. The number of hydrazine groups is 1. The van der Waals surface area contributed by atoms with Crippen molar-refractivity contribution in [3.05, 3.63) is 0 Å². The van der Waals surface area contributed by atoms with Gasteiger partial charge in [-0.05, 0) is 26.7 Å². The zero-order chi connectivity index (χ0) is 9.26. The molecular weight excluding hydrogens is 164 g/mol. The van der Waals surface area contributed by atoms with E-state index in [2.05, 4.69) is 23.9 Å². The summed E-state index contributed by atoms with van der Waals surface area (Å²) in [5.41, 5.74) is 0. The average Bonchev–Trinajstić information content (AvgIpc) is 2.48. The molecule has 0 aromatic carbocycles. The molecule has 0 N–H and O–H groups in total. The lowest BCUT2D eigenvalue weighted by Gasteiger charge is -2.40. The van der Waals surface area contributed by atoms with Crippen LogP contribution in [0.25, 0.3) is 0 Å². The molecule has 0 spiro atoms. The van der Waals surface area contributed by atoms with Gasteiger partial charge in [-0.2, -0.15) is 0 Å². The number of hydrogen-bond acceptors (Lipinski definition) is 3. The van der Waals surface area contributed by atoms with Crippen molar-refractivity contribution in [2.75, 3.05) is 26.3 Å². The molecule has 2 aliphatic rings. The third-order valence-electron chi connectivity index (χ3n) is 3.22. The molecule has 2 rings (SSSR count). The highest BCUT2D eigenvalue weighted by Gasteiger charge is 2.32. The number of morpholine rings is 1. The second kappa shape index (κ2) is 3.95. The number of ether oxygens (including phenoxy) is 1. The van der Waals surface area contributed by atoms with Crippen LogP contribution in [0.5, 0.6) is 0 Å². The fourth-order valence-electron chi connectivity index (χ4n) is 2.52. The maximum absolute atomic E-state index is 5.36. The van der Waals surface area contributed by atoms with Crippen molar-refractivity contribution in [2.45, 2.75) is 38.8 Å². The zero-order valence-corrected chi connectivity index (χ0v) is 8.70. The van der Waals surface area contributed by atoms with Gasteiger partial charge in [0.1, 0.15) is 0 Å². The van der Waals surface area contributed by atoms with Crippen LogP contribution in [0.4, 0.5) is 0 Å². The van der Waals surface area contributed by atoms with Gasteiger partial charge in [0.05, 0.1) is 13.2 Å². The largest absolute Gasteiger partial charge is 0.379 e. The number of rotatable bonds is 1. The molecule has 3 heteroatoms. The maximum atomic E-state index is 5.36. The summed E-state index contributed by atoms with van der Waals surface area (Å²) in [6, 6.07) is 1.46. The summed E-state index contributed by atoms with van der Waals surface area (Å²) in [6.45, 7) is 8.62. The highest BCUT2D eigenvalue weighted by Crippen LogP contribution is 2.25. The van der Waals surface area contributed by atoms with Crippen LogP contribution in [-0.4, -0.2) is 48.4 Å². The predicted molar refractivity (Wildman–Crippen MR) is 52.4 cm³/mol. The van der Waals surface area contributed by atoms with E-state index in [0.717, 1.165) is 38.4 Å². The van der Waals surface area contributed by atoms with Crippen LogP contribution in [0.15, 0.2) is 0 Å². The van der Waals surface area contributed by atoms with E-state index in [1.54, 1.807) is 0 Å². The van der Waals surface area contributed by atoms with Crippen molar-refractivity contribution >= 4 is 0 Å². The molecule has 2 atom stereocenters. The normalized spacial score (nSPS) is 38.3. The van der Waals surface area contributed by atoms with Crippen LogP contribution in [0.2, 0.25) is 0 Å². The van der Waals surface area contributed by atoms with Gasteiger partial charge in [-0.1, -0.05) is 0 Å². The first kappa shape index (κ1) is 9.44. The lowest BCUT2D eigenvalue weighted by Crippen LogP contribution is -2.52. The molecule has 2 fully saturated rings. The first-order chi connectivity index (χ1) is 6.29. The minimum absolute atomic E-state index is 0.730. The SMILES string of the molecule is C[C@H]1CC[C@H](C)N1N1CCOCC1. The van der Waals surface area contributed by atoms with E-state index in [4.69, 9.17) is 4.74 Å². The average molecular weight is 184 g/mol. The van der Waals surface area contributed by atoms with Gasteiger partial charge in [0.2, 0.25) is 0 Å². The Kier molecular flexibility index (Phi) is 2.86. The highest BCUT2D eigenvalue weighted by atomic mass is 16.5. The molecule has 2 saturated heterocycles. The van der Waals surface area contributed by atoms with Gasteiger partial charge < -0.3 is 4.74 Å². The highest BCUT2D eigenvalue weighted by molar-refractivity contribution is 4.81.